The van der Waals surface area contributed by atoms with E-state index in [1.54, 1.807) is 49.6 Å². The average molecular weight is 521 g/mol. The van der Waals surface area contributed by atoms with Gasteiger partial charge in [0.15, 0.2) is 0 Å². The molecule has 0 spiro atoms. The molecule has 2 aliphatic heterocycles. The first-order chi connectivity index (χ1) is 17.1. The van der Waals surface area contributed by atoms with Crippen LogP contribution in [0, 0.1) is 0 Å². The van der Waals surface area contributed by atoms with Gasteiger partial charge in [-0.25, -0.2) is 0 Å². The van der Waals surface area contributed by atoms with Crippen LogP contribution < -0.4 is 5.32 Å². The lowest BCUT2D eigenvalue weighted by atomic mass is 9.36. The van der Waals surface area contributed by atoms with Gasteiger partial charge in [-0.1, -0.05) is 41.1 Å². The van der Waals surface area contributed by atoms with Crippen molar-refractivity contribution in [1.82, 2.24) is 15.0 Å². The van der Waals surface area contributed by atoms with E-state index in [-0.39, 0.29) is 23.9 Å². The molecule has 4 amide bonds. The van der Waals surface area contributed by atoms with Crippen molar-refractivity contribution in [3.05, 3.63) is 69.7 Å². The molecule has 1 saturated heterocycles. The number of hydrogen-bond acceptors (Lipinski definition) is 4. The maximum Gasteiger partial charge on any atom is 0.348 e. The standard InChI is InChI=1S/C22H23B5ClF2N3O4/c23-16(33(27)19(37)21(29,30)12-2-4-13(28)5-3-12)10-1-6-14-11(7-10)9-32(17(14)35)22(26)18(36)31-15(34)8-20(22,24)25/h1-7,16H,8-9,23-27H2,(H,31,34,36). The molecule has 0 aliphatic carbocycles. The molecule has 0 radical (unpaired) electrons. The lowest BCUT2D eigenvalue weighted by Gasteiger charge is -2.51. The van der Waals surface area contributed by atoms with E-state index < -0.39 is 45.8 Å². The Hall–Kier alpha value is -3.01. The van der Waals surface area contributed by atoms with Gasteiger partial charge in [-0.15, -0.1) is 0 Å². The number of amides is 4. The Labute approximate surface area is 222 Å². The van der Waals surface area contributed by atoms with Crippen LogP contribution in [0.25, 0.3) is 0 Å². The second kappa shape index (κ2) is 9.08. The van der Waals surface area contributed by atoms with Crippen LogP contribution in [0.15, 0.2) is 42.5 Å². The van der Waals surface area contributed by atoms with Crippen molar-refractivity contribution >= 4 is 74.6 Å². The van der Waals surface area contributed by atoms with Crippen molar-refractivity contribution in [3.8, 4) is 0 Å². The number of nitrogens with zero attached hydrogens (tertiary/aromatic N) is 2. The molecular formula is C22H23B5ClF2N3O4. The van der Waals surface area contributed by atoms with E-state index in [1.165, 1.54) is 25.0 Å². The highest BCUT2D eigenvalue weighted by Crippen LogP contribution is 2.45. The number of fused-ring (bicyclic) bond motifs is 1. The summed E-state index contributed by atoms with van der Waals surface area (Å²) in [6.07, 6.45) is 0.0758. The molecule has 15 heteroatoms. The van der Waals surface area contributed by atoms with Crippen molar-refractivity contribution in [1.29, 1.82) is 0 Å². The van der Waals surface area contributed by atoms with Gasteiger partial charge in [-0.05, 0) is 29.3 Å². The first-order valence-corrected chi connectivity index (χ1v) is 12.2. The summed E-state index contributed by atoms with van der Waals surface area (Å²) < 4.78 is 29.9. The van der Waals surface area contributed by atoms with Crippen LogP contribution >= 0.6 is 11.6 Å². The zero-order valence-corrected chi connectivity index (χ0v) is 22.0. The minimum Gasteiger partial charge on any atom is -0.389 e. The minimum atomic E-state index is -3.76. The maximum atomic E-state index is 15.0. The molecule has 1 N–H and O–H groups in total. The van der Waals surface area contributed by atoms with E-state index in [1.807, 2.05) is 0 Å². The number of carbonyl (C=O) groups excluding carboxylic acids is 4. The number of piperidine rings is 1. The number of nitrogens with one attached hydrogen (secondary N) is 1. The zero-order valence-electron chi connectivity index (χ0n) is 21.2. The maximum absolute atomic E-state index is 15.0. The second-order valence-corrected chi connectivity index (χ2v) is 10.9. The summed E-state index contributed by atoms with van der Waals surface area (Å²) in [5.41, 5.74) is -0.185. The van der Waals surface area contributed by atoms with Gasteiger partial charge in [0, 0.05) is 35.1 Å². The van der Waals surface area contributed by atoms with Crippen molar-refractivity contribution in [2.24, 2.45) is 0 Å². The molecule has 0 saturated carbocycles. The highest BCUT2D eigenvalue weighted by molar-refractivity contribution is 6.52. The van der Waals surface area contributed by atoms with Crippen molar-refractivity contribution < 1.29 is 28.0 Å². The van der Waals surface area contributed by atoms with Gasteiger partial charge in [0.1, 0.15) is 31.4 Å². The number of benzene rings is 2. The number of carbonyl (C=O) groups is 4. The Morgan fingerprint density at radius 3 is 2.32 bits per heavy atom. The number of halogens is 3. The van der Waals surface area contributed by atoms with Crippen LogP contribution in [0.1, 0.15) is 39.4 Å². The monoisotopic (exact) mass is 521 g/mol. The fourth-order valence-corrected chi connectivity index (χ4v) is 5.15. The summed E-state index contributed by atoms with van der Waals surface area (Å²) in [7, 11) is 8.11. The van der Waals surface area contributed by atoms with Gasteiger partial charge < -0.3 is 9.71 Å². The summed E-state index contributed by atoms with van der Waals surface area (Å²) in [5.74, 6) is -7.16. The van der Waals surface area contributed by atoms with Gasteiger partial charge in [-0.2, -0.15) is 8.78 Å². The van der Waals surface area contributed by atoms with Crippen LogP contribution in [0.3, 0.4) is 0 Å². The third-order valence-corrected chi connectivity index (χ3v) is 8.20. The molecule has 2 aliphatic rings. The van der Waals surface area contributed by atoms with Gasteiger partial charge >= 0.3 is 5.92 Å². The van der Waals surface area contributed by atoms with E-state index in [0.717, 1.165) is 16.9 Å². The SMILES string of the molecule is BC(c1ccc2c(c1)CN(C1(B)C(=O)NC(=O)CC1(B)B)C2=O)N(B)C(=O)C(F)(F)c1ccc(Cl)cc1. The first-order valence-electron chi connectivity index (χ1n) is 11.8. The molecule has 2 unspecified atom stereocenters. The van der Waals surface area contributed by atoms with E-state index in [2.05, 4.69) is 5.32 Å². The third kappa shape index (κ3) is 4.29. The van der Waals surface area contributed by atoms with Gasteiger partial charge in [-0.3, -0.25) is 24.5 Å². The molecule has 4 rings (SSSR count). The number of rotatable bonds is 5. The van der Waals surface area contributed by atoms with Crippen molar-refractivity contribution in [2.45, 2.75) is 35.5 Å². The lowest BCUT2D eigenvalue weighted by molar-refractivity contribution is -0.154. The summed E-state index contributed by atoms with van der Waals surface area (Å²) in [6, 6.07) is 9.74. The molecule has 0 bridgehead atoms. The van der Waals surface area contributed by atoms with Crippen LogP contribution in [0.5, 0.6) is 0 Å². The van der Waals surface area contributed by atoms with E-state index >= 15 is 0 Å². The molecule has 1 fully saturated rings. The van der Waals surface area contributed by atoms with E-state index in [9.17, 15) is 28.0 Å². The van der Waals surface area contributed by atoms with Crippen molar-refractivity contribution in [2.75, 3.05) is 0 Å². The number of hydrogen-bond donors (Lipinski definition) is 1. The molecule has 2 heterocycles. The largest absolute Gasteiger partial charge is 0.389 e. The minimum absolute atomic E-state index is 0.0758. The quantitative estimate of drug-likeness (QED) is 0.360. The number of imide groups is 1. The lowest BCUT2D eigenvalue weighted by Crippen LogP contribution is -2.70. The summed E-state index contributed by atoms with van der Waals surface area (Å²) in [5, 5.41) is 1.81. The Bertz CT molecular complexity index is 1330. The third-order valence-electron chi connectivity index (χ3n) is 7.95. The predicted octanol–water partition coefficient (Wildman–Crippen LogP) is -2.15. The average Bonchev–Trinajstić information content (AvgIpc) is 3.16. The normalized spacial score (nSPS) is 21.8. The Morgan fingerprint density at radius 1 is 1.11 bits per heavy atom. The summed E-state index contributed by atoms with van der Waals surface area (Å²) in [6.45, 7) is 0.106. The molecule has 2 aromatic rings. The highest BCUT2D eigenvalue weighted by atomic mass is 35.5. The van der Waals surface area contributed by atoms with E-state index in [0.29, 0.717) is 16.7 Å². The first kappa shape index (κ1) is 27.0. The highest BCUT2D eigenvalue weighted by Gasteiger charge is 2.57. The second-order valence-electron chi connectivity index (χ2n) is 10.5. The van der Waals surface area contributed by atoms with Crippen molar-refractivity contribution in [3.63, 3.8) is 0 Å². The topological polar surface area (TPSA) is 86.8 Å². The smallest absolute Gasteiger partial charge is 0.348 e. The number of alkyl halides is 2. The van der Waals surface area contributed by atoms with Crippen LogP contribution in [-0.2, 0) is 26.9 Å². The summed E-state index contributed by atoms with van der Waals surface area (Å²) in [4.78, 5) is 53.5. The molecule has 7 nitrogen and oxygen atoms in total. The van der Waals surface area contributed by atoms with Crippen LogP contribution in [-0.4, -0.2) is 78.1 Å². The van der Waals surface area contributed by atoms with Gasteiger partial charge in [0.05, 0.1) is 5.44 Å². The molecule has 2 aromatic carbocycles. The Kier molecular flexibility index (Phi) is 6.63. The predicted molar refractivity (Wildman–Crippen MR) is 147 cm³/mol. The Balaban J connectivity index is 1.59. The molecule has 2 atom stereocenters. The summed E-state index contributed by atoms with van der Waals surface area (Å²) >= 11 is 5.78. The zero-order chi connectivity index (χ0) is 27.5. The molecule has 186 valence electrons. The molecule has 37 heavy (non-hydrogen) atoms. The fraction of sp³-hybridized carbons (Fsp3) is 0.273. The van der Waals surface area contributed by atoms with Crippen LogP contribution in [0.2, 0.25) is 10.2 Å². The molecular weight excluding hydrogens is 498 g/mol. The molecule has 0 aromatic heterocycles. The Morgan fingerprint density at radius 2 is 1.73 bits per heavy atom. The van der Waals surface area contributed by atoms with Gasteiger partial charge in [0.25, 0.3) is 11.8 Å². The fourth-order valence-electron chi connectivity index (χ4n) is 5.03. The van der Waals surface area contributed by atoms with Crippen LogP contribution in [0.4, 0.5) is 8.78 Å². The van der Waals surface area contributed by atoms with Gasteiger partial charge in [0.2, 0.25) is 19.8 Å². The van der Waals surface area contributed by atoms with E-state index in [4.69, 9.17) is 11.6 Å².